The Balaban J connectivity index is 0.000000399. The van der Waals surface area contributed by atoms with Crippen LogP contribution in [0.2, 0.25) is 0 Å². The lowest BCUT2D eigenvalue weighted by Crippen LogP contribution is -2.21. The molecule has 0 fully saturated rings. The summed E-state index contributed by atoms with van der Waals surface area (Å²) in [6, 6.07) is 10.2. The standard InChI is InChI=1S/C11H15N.C2HF3O2/c1-2-3-9-12-10-11-7-5-4-6-8-11;3-2(4,5)1(6)7/h4-8,10H,2-3,9H2,1H3;(H,6,7). The third-order valence-electron chi connectivity index (χ3n) is 1.92. The van der Waals surface area contributed by atoms with Crippen LogP contribution in [-0.2, 0) is 4.79 Å². The number of nitrogens with zero attached hydrogens (tertiary/aromatic N) is 1. The normalized spacial score (nSPS) is 10.9. The lowest BCUT2D eigenvalue weighted by molar-refractivity contribution is -0.192. The summed E-state index contributed by atoms with van der Waals surface area (Å²) >= 11 is 0. The predicted molar refractivity (Wildman–Crippen MR) is 67.5 cm³/mol. The molecular weight excluding hydrogens is 259 g/mol. The molecule has 0 aromatic heterocycles. The Kier molecular flexibility index (Phi) is 8.24. The van der Waals surface area contributed by atoms with E-state index in [4.69, 9.17) is 9.90 Å². The van der Waals surface area contributed by atoms with Crippen molar-refractivity contribution in [3.05, 3.63) is 35.9 Å². The van der Waals surface area contributed by atoms with Gasteiger partial charge in [0, 0.05) is 12.8 Å². The summed E-state index contributed by atoms with van der Waals surface area (Å²) in [6.07, 6.45) is -0.745. The van der Waals surface area contributed by atoms with Crippen LogP contribution in [0.25, 0.3) is 0 Å². The lowest BCUT2D eigenvalue weighted by atomic mass is 10.2. The van der Waals surface area contributed by atoms with Gasteiger partial charge in [-0.05, 0) is 12.0 Å². The summed E-state index contributed by atoms with van der Waals surface area (Å²) in [5, 5.41) is 7.12. The molecule has 0 atom stereocenters. The molecule has 0 radical (unpaired) electrons. The summed E-state index contributed by atoms with van der Waals surface area (Å²) < 4.78 is 31.7. The maximum Gasteiger partial charge on any atom is 0.490 e. The highest BCUT2D eigenvalue weighted by Crippen LogP contribution is 2.13. The van der Waals surface area contributed by atoms with Crippen LogP contribution in [0.4, 0.5) is 13.2 Å². The van der Waals surface area contributed by atoms with Crippen molar-refractivity contribution in [2.24, 2.45) is 4.99 Å². The molecule has 106 valence electrons. The zero-order valence-corrected chi connectivity index (χ0v) is 10.5. The zero-order chi connectivity index (χ0) is 14.7. The number of carbonyl (C=O) groups is 1. The fourth-order valence-corrected chi connectivity index (χ4v) is 0.958. The van der Waals surface area contributed by atoms with Crippen molar-refractivity contribution in [1.82, 2.24) is 0 Å². The fourth-order valence-electron chi connectivity index (χ4n) is 0.958. The first-order valence-corrected chi connectivity index (χ1v) is 5.73. The van der Waals surface area contributed by atoms with Crippen molar-refractivity contribution >= 4 is 12.2 Å². The molecule has 0 aliphatic rings. The van der Waals surface area contributed by atoms with Gasteiger partial charge in [0.2, 0.25) is 0 Å². The quantitative estimate of drug-likeness (QED) is 0.675. The van der Waals surface area contributed by atoms with E-state index in [1.54, 1.807) is 0 Å². The molecule has 0 spiro atoms. The Bertz CT molecular complexity index is 389. The Morgan fingerprint density at radius 3 is 2.26 bits per heavy atom. The van der Waals surface area contributed by atoms with Crippen LogP contribution in [-0.4, -0.2) is 30.0 Å². The Hall–Kier alpha value is -1.85. The molecule has 1 aromatic rings. The Morgan fingerprint density at radius 1 is 1.32 bits per heavy atom. The summed E-state index contributed by atoms with van der Waals surface area (Å²) in [5.41, 5.74) is 1.19. The van der Waals surface area contributed by atoms with Crippen molar-refractivity contribution < 1.29 is 23.1 Å². The lowest BCUT2D eigenvalue weighted by Gasteiger charge is -1.93. The monoisotopic (exact) mass is 275 g/mol. The van der Waals surface area contributed by atoms with Gasteiger partial charge in [-0.1, -0.05) is 43.7 Å². The first kappa shape index (κ1) is 17.2. The van der Waals surface area contributed by atoms with E-state index in [0.29, 0.717) is 0 Å². The van der Waals surface area contributed by atoms with Gasteiger partial charge in [0.05, 0.1) is 0 Å². The van der Waals surface area contributed by atoms with Crippen LogP contribution in [0.15, 0.2) is 35.3 Å². The van der Waals surface area contributed by atoms with Crippen molar-refractivity contribution in [2.45, 2.75) is 25.9 Å². The molecule has 0 bridgehead atoms. The SMILES string of the molecule is CCCCN=Cc1ccccc1.O=C(O)C(F)(F)F. The number of unbranched alkanes of at least 4 members (excludes halogenated alkanes) is 1. The zero-order valence-electron chi connectivity index (χ0n) is 10.5. The molecule has 1 N–H and O–H groups in total. The largest absolute Gasteiger partial charge is 0.490 e. The second-order valence-electron chi connectivity index (χ2n) is 3.60. The van der Waals surface area contributed by atoms with E-state index in [9.17, 15) is 13.2 Å². The van der Waals surface area contributed by atoms with Crippen LogP contribution in [0.5, 0.6) is 0 Å². The fraction of sp³-hybridized carbons (Fsp3) is 0.385. The predicted octanol–water partition coefficient (Wildman–Crippen LogP) is 3.54. The molecule has 0 aliphatic carbocycles. The number of carboxylic acid groups (broad SMARTS) is 1. The minimum atomic E-state index is -5.08. The van der Waals surface area contributed by atoms with E-state index in [-0.39, 0.29) is 0 Å². The molecule has 0 amide bonds. The van der Waals surface area contributed by atoms with Gasteiger partial charge in [-0.15, -0.1) is 0 Å². The molecule has 0 heterocycles. The van der Waals surface area contributed by atoms with E-state index in [1.165, 1.54) is 18.4 Å². The van der Waals surface area contributed by atoms with Crippen molar-refractivity contribution in [3.63, 3.8) is 0 Å². The average molecular weight is 275 g/mol. The van der Waals surface area contributed by atoms with Crippen LogP contribution in [0.3, 0.4) is 0 Å². The molecule has 0 aliphatic heterocycles. The van der Waals surface area contributed by atoms with E-state index < -0.39 is 12.1 Å². The number of rotatable bonds is 4. The molecule has 0 unspecified atom stereocenters. The maximum atomic E-state index is 10.6. The molecule has 0 saturated heterocycles. The van der Waals surface area contributed by atoms with Crippen LogP contribution in [0.1, 0.15) is 25.3 Å². The molecule has 3 nitrogen and oxygen atoms in total. The Labute approximate surface area is 109 Å². The van der Waals surface area contributed by atoms with Crippen molar-refractivity contribution in [3.8, 4) is 0 Å². The third-order valence-corrected chi connectivity index (χ3v) is 1.92. The van der Waals surface area contributed by atoms with Crippen molar-refractivity contribution in [1.29, 1.82) is 0 Å². The highest BCUT2D eigenvalue weighted by Gasteiger charge is 2.38. The first-order chi connectivity index (χ1) is 8.88. The topological polar surface area (TPSA) is 49.7 Å². The van der Waals surface area contributed by atoms with Crippen LogP contribution < -0.4 is 0 Å². The highest BCUT2D eigenvalue weighted by atomic mass is 19.4. The van der Waals surface area contributed by atoms with Crippen LogP contribution in [0, 0.1) is 0 Å². The van der Waals surface area contributed by atoms with E-state index >= 15 is 0 Å². The van der Waals surface area contributed by atoms with Gasteiger partial charge in [-0.2, -0.15) is 13.2 Å². The number of aliphatic carboxylic acids is 1. The number of aliphatic imine (C=N–C) groups is 1. The summed E-state index contributed by atoms with van der Waals surface area (Å²) in [7, 11) is 0. The van der Waals surface area contributed by atoms with Gasteiger partial charge in [-0.3, -0.25) is 4.99 Å². The molecule has 1 rings (SSSR count). The van der Waals surface area contributed by atoms with Crippen LogP contribution >= 0.6 is 0 Å². The number of hydrogen-bond donors (Lipinski definition) is 1. The average Bonchev–Trinajstić information content (AvgIpc) is 2.35. The number of halogens is 3. The second kappa shape index (κ2) is 9.13. The van der Waals surface area contributed by atoms with Gasteiger partial charge >= 0.3 is 12.1 Å². The van der Waals surface area contributed by atoms with E-state index in [1.807, 2.05) is 24.4 Å². The van der Waals surface area contributed by atoms with Crippen molar-refractivity contribution in [2.75, 3.05) is 6.54 Å². The van der Waals surface area contributed by atoms with E-state index in [0.717, 1.165) is 6.54 Å². The van der Waals surface area contributed by atoms with E-state index in [2.05, 4.69) is 24.0 Å². The minimum Gasteiger partial charge on any atom is -0.475 e. The number of hydrogen-bond acceptors (Lipinski definition) is 2. The highest BCUT2D eigenvalue weighted by molar-refractivity contribution is 5.79. The summed E-state index contributed by atoms with van der Waals surface area (Å²) in [5.74, 6) is -2.76. The second-order valence-corrected chi connectivity index (χ2v) is 3.60. The third kappa shape index (κ3) is 9.82. The van der Waals surface area contributed by atoms with Gasteiger partial charge in [0.15, 0.2) is 0 Å². The van der Waals surface area contributed by atoms with Gasteiger partial charge in [-0.25, -0.2) is 4.79 Å². The molecule has 19 heavy (non-hydrogen) atoms. The number of alkyl halides is 3. The first-order valence-electron chi connectivity index (χ1n) is 5.73. The molecule has 6 heteroatoms. The smallest absolute Gasteiger partial charge is 0.475 e. The molecular formula is C13H16F3NO2. The number of benzene rings is 1. The van der Waals surface area contributed by atoms with Gasteiger partial charge in [0.1, 0.15) is 0 Å². The summed E-state index contributed by atoms with van der Waals surface area (Å²) in [6.45, 7) is 3.13. The maximum absolute atomic E-state index is 10.6. The Morgan fingerprint density at radius 2 is 1.84 bits per heavy atom. The van der Waals surface area contributed by atoms with Gasteiger partial charge in [0.25, 0.3) is 0 Å². The van der Waals surface area contributed by atoms with Gasteiger partial charge < -0.3 is 5.11 Å². The molecule has 1 aromatic carbocycles. The number of carboxylic acids is 1. The minimum absolute atomic E-state index is 0.950. The summed E-state index contributed by atoms with van der Waals surface area (Å²) in [4.78, 5) is 13.2. The molecule has 0 saturated carbocycles.